The van der Waals surface area contributed by atoms with Gasteiger partial charge in [-0.05, 0) is 13.8 Å². The first-order chi connectivity index (χ1) is 7.31. The maximum Gasteiger partial charge on any atom is 0.411 e. The molecule has 0 atom stereocenters. The first kappa shape index (κ1) is 15.2. The highest BCUT2D eigenvalue weighted by Gasteiger charge is 2.27. The predicted octanol–water partition coefficient (Wildman–Crippen LogP) is 1.11. The summed E-state index contributed by atoms with van der Waals surface area (Å²) in [5.74, 6) is -0.371. The summed E-state index contributed by atoms with van der Waals surface area (Å²) >= 11 is 0. The first-order valence-corrected chi connectivity index (χ1v) is 4.84. The van der Waals surface area contributed by atoms with Gasteiger partial charge in [0.1, 0.15) is 13.2 Å². The number of carbonyl (C=O) groups excluding carboxylic acids is 1. The molecule has 0 aromatic heterocycles. The van der Waals surface area contributed by atoms with Crippen LogP contribution in [-0.2, 0) is 14.3 Å². The monoisotopic (exact) mass is 243 g/mol. The Kier molecular flexibility index (Phi) is 7.07. The zero-order valence-electron chi connectivity index (χ0n) is 9.26. The molecule has 1 amide bonds. The minimum Gasteiger partial charge on any atom is -0.370 e. The van der Waals surface area contributed by atoms with Gasteiger partial charge in [-0.15, -0.1) is 0 Å². The molecule has 0 aliphatic carbocycles. The molecule has 16 heavy (non-hydrogen) atoms. The molecule has 0 bridgehead atoms. The molecule has 0 spiro atoms. The van der Waals surface area contributed by atoms with E-state index in [1.54, 1.807) is 13.8 Å². The topological polar surface area (TPSA) is 47.6 Å². The SMILES string of the molecule is CC(C)OCC(=O)NCCOCC(F)(F)F. The standard InChI is InChI=1S/C9H16F3NO3/c1-7(2)16-5-8(14)13-3-4-15-6-9(10,11)12/h7H,3-6H2,1-2H3,(H,13,14). The Morgan fingerprint density at radius 3 is 2.50 bits per heavy atom. The summed E-state index contributed by atoms with van der Waals surface area (Å²) in [4.78, 5) is 11.0. The van der Waals surface area contributed by atoms with Crippen LogP contribution in [0.3, 0.4) is 0 Å². The minimum absolute atomic E-state index is 0.0381. The van der Waals surface area contributed by atoms with Gasteiger partial charge < -0.3 is 14.8 Å². The molecule has 0 aliphatic rings. The third-order valence-electron chi connectivity index (χ3n) is 1.38. The minimum atomic E-state index is -4.33. The molecule has 0 unspecified atom stereocenters. The highest BCUT2D eigenvalue weighted by Crippen LogP contribution is 2.13. The molecule has 0 radical (unpaired) electrons. The Bertz CT molecular complexity index is 207. The van der Waals surface area contributed by atoms with E-state index in [0.29, 0.717) is 0 Å². The Labute approximate surface area is 92.1 Å². The van der Waals surface area contributed by atoms with Gasteiger partial charge in [0, 0.05) is 6.54 Å². The normalized spacial score (nSPS) is 11.9. The molecular formula is C9H16F3NO3. The number of carbonyl (C=O) groups is 1. The van der Waals surface area contributed by atoms with E-state index in [1.165, 1.54) is 0 Å². The van der Waals surface area contributed by atoms with Crippen molar-refractivity contribution in [3.63, 3.8) is 0 Å². The molecule has 0 saturated heterocycles. The van der Waals surface area contributed by atoms with Crippen LogP contribution in [0.25, 0.3) is 0 Å². The number of nitrogens with one attached hydrogen (secondary N) is 1. The van der Waals surface area contributed by atoms with E-state index in [-0.39, 0.29) is 31.8 Å². The second-order valence-electron chi connectivity index (χ2n) is 3.38. The highest BCUT2D eigenvalue weighted by atomic mass is 19.4. The van der Waals surface area contributed by atoms with Crippen molar-refractivity contribution in [3.05, 3.63) is 0 Å². The zero-order valence-corrected chi connectivity index (χ0v) is 9.26. The molecule has 0 saturated carbocycles. The van der Waals surface area contributed by atoms with Crippen LogP contribution >= 0.6 is 0 Å². The van der Waals surface area contributed by atoms with Crippen molar-refractivity contribution < 1.29 is 27.4 Å². The Balaban J connectivity index is 3.35. The molecule has 96 valence electrons. The summed E-state index contributed by atoms with van der Waals surface area (Å²) in [6.07, 6.45) is -4.39. The number of hydrogen-bond acceptors (Lipinski definition) is 3. The van der Waals surface area contributed by atoms with Gasteiger partial charge in [-0.3, -0.25) is 4.79 Å². The number of hydrogen-bond donors (Lipinski definition) is 1. The van der Waals surface area contributed by atoms with Gasteiger partial charge >= 0.3 is 6.18 Å². The maximum absolute atomic E-state index is 11.6. The van der Waals surface area contributed by atoms with Gasteiger partial charge in [0.2, 0.25) is 5.91 Å². The van der Waals surface area contributed by atoms with E-state index in [1.807, 2.05) is 0 Å². The van der Waals surface area contributed by atoms with Crippen molar-refractivity contribution in [2.24, 2.45) is 0 Å². The lowest BCUT2D eigenvalue weighted by Gasteiger charge is -2.09. The van der Waals surface area contributed by atoms with Crippen molar-refractivity contribution >= 4 is 5.91 Å². The summed E-state index contributed by atoms with van der Waals surface area (Å²) in [5, 5.41) is 2.37. The molecule has 0 fully saturated rings. The molecule has 1 N–H and O–H groups in total. The average Bonchev–Trinajstić information content (AvgIpc) is 2.12. The predicted molar refractivity (Wildman–Crippen MR) is 51.0 cm³/mol. The third kappa shape index (κ3) is 11.3. The van der Waals surface area contributed by atoms with Crippen molar-refractivity contribution in [2.75, 3.05) is 26.4 Å². The van der Waals surface area contributed by atoms with Crippen LogP contribution in [0.4, 0.5) is 13.2 Å². The van der Waals surface area contributed by atoms with Crippen LogP contribution in [-0.4, -0.2) is 44.6 Å². The van der Waals surface area contributed by atoms with Crippen LogP contribution in [0.1, 0.15) is 13.8 Å². The molecule has 0 aromatic carbocycles. The largest absolute Gasteiger partial charge is 0.411 e. The summed E-state index contributed by atoms with van der Waals surface area (Å²) < 4.78 is 44.1. The van der Waals surface area contributed by atoms with Gasteiger partial charge in [-0.2, -0.15) is 13.2 Å². The van der Waals surface area contributed by atoms with E-state index in [0.717, 1.165) is 0 Å². The lowest BCUT2D eigenvalue weighted by Crippen LogP contribution is -2.32. The molecule has 4 nitrogen and oxygen atoms in total. The quantitative estimate of drug-likeness (QED) is 0.681. The number of amides is 1. The van der Waals surface area contributed by atoms with Gasteiger partial charge in [0.15, 0.2) is 0 Å². The highest BCUT2D eigenvalue weighted by molar-refractivity contribution is 5.77. The summed E-state index contributed by atoms with van der Waals surface area (Å²) in [6, 6.07) is 0. The Morgan fingerprint density at radius 2 is 2.00 bits per heavy atom. The number of rotatable bonds is 7. The van der Waals surface area contributed by atoms with Crippen LogP contribution < -0.4 is 5.32 Å². The molecule has 0 rings (SSSR count). The lowest BCUT2D eigenvalue weighted by molar-refractivity contribution is -0.173. The number of alkyl halides is 3. The van der Waals surface area contributed by atoms with Crippen LogP contribution in [0, 0.1) is 0 Å². The van der Waals surface area contributed by atoms with Crippen molar-refractivity contribution in [1.29, 1.82) is 0 Å². The van der Waals surface area contributed by atoms with Gasteiger partial charge in [-0.25, -0.2) is 0 Å². The molecular weight excluding hydrogens is 227 g/mol. The fourth-order valence-electron chi connectivity index (χ4n) is 0.744. The number of halogens is 3. The van der Waals surface area contributed by atoms with Gasteiger partial charge in [0.05, 0.1) is 12.7 Å². The van der Waals surface area contributed by atoms with E-state index < -0.39 is 12.8 Å². The van der Waals surface area contributed by atoms with Gasteiger partial charge in [-0.1, -0.05) is 0 Å². The van der Waals surface area contributed by atoms with E-state index in [2.05, 4.69) is 10.1 Å². The molecule has 0 aliphatic heterocycles. The summed E-state index contributed by atoms with van der Waals surface area (Å²) in [5.41, 5.74) is 0. The van der Waals surface area contributed by atoms with E-state index >= 15 is 0 Å². The zero-order chi connectivity index (χ0) is 12.6. The van der Waals surface area contributed by atoms with Crippen molar-refractivity contribution in [1.82, 2.24) is 5.32 Å². The van der Waals surface area contributed by atoms with Gasteiger partial charge in [0.25, 0.3) is 0 Å². The van der Waals surface area contributed by atoms with E-state index in [9.17, 15) is 18.0 Å². The Morgan fingerprint density at radius 1 is 1.38 bits per heavy atom. The summed E-state index contributed by atoms with van der Waals surface area (Å²) in [6.45, 7) is 2.02. The molecule has 7 heteroatoms. The fourth-order valence-corrected chi connectivity index (χ4v) is 0.744. The maximum atomic E-state index is 11.6. The number of ether oxygens (including phenoxy) is 2. The molecule has 0 aromatic rings. The smallest absolute Gasteiger partial charge is 0.370 e. The van der Waals surface area contributed by atoms with Crippen LogP contribution in [0.2, 0.25) is 0 Å². The third-order valence-corrected chi connectivity index (χ3v) is 1.38. The van der Waals surface area contributed by atoms with Crippen molar-refractivity contribution in [3.8, 4) is 0 Å². The second kappa shape index (κ2) is 7.45. The first-order valence-electron chi connectivity index (χ1n) is 4.84. The van der Waals surface area contributed by atoms with Crippen LogP contribution in [0.15, 0.2) is 0 Å². The average molecular weight is 243 g/mol. The second-order valence-corrected chi connectivity index (χ2v) is 3.38. The fraction of sp³-hybridized carbons (Fsp3) is 0.889. The van der Waals surface area contributed by atoms with Crippen LogP contribution in [0.5, 0.6) is 0 Å². The van der Waals surface area contributed by atoms with Crippen molar-refractivity contribution in [2.45, 2.75) is 26.1 Å². The Hall–Kier alpha value is -0.820. The summed E-state index contributed by atoms with van der Waals surface area (Å²) in [7, 11) is 0. The molecule has 0 heterocycles. The van der Waals surface area contributed by atoms with E-state index in [4.69, 9.17) is 4.74 Å². The lowest BCUT2D eigenvalue weighted by atomic mass is 10.5.